The summed E-state index contributed by atoms with van der Waals surface area (Å²) in [6.45, 7) is 8.92. The van der Waals surface area contributed by atoms with Gasteiger partial charge in [-0.05, 0) is 50.9 Å². The maximum absolute atomic E-state index is 10.3. The summed E-state index contributed by atoms with van der Waals surface area (Å²) >= 11 is 3.57. The summed E-state index contributed by atoms with van der Waals surface area (Å²) in [5, 5.41) is 13.8. The zero-order valence-corrected chi connectivity index (χ0v) is 14.2. The molecule has 4 heteroatoms. The van der Waals surface area contributed by atoms with E-state index in [1.54, 1.807) is 0 Å². The first-order valence-electron chi connectivity index (χ1n) is 7.43. The monoisotopic (exact) mass is 340 g/mol. The lowest BCUT2D eigenvalue weighted by Crippen LogP contribution is -2.46. The van der Waals surface area contributed by atoms with Gasteiger partial charge in [-0.2, -0.15) is 0 Å². The van der Waals surface area contributed by atoms with E-state index in [4.69, 9.17) is 0 Å². The molecule has 1 aliphatic heterocycles. The van der Waals surface area contributed by atoms with E-state index >= 15 is 0 Å². The Labute approximate surface area is 130 Å². The molecular formula is C16H25BrN2O. The molecule has 0 spiro atoms. The minimum absolute atomic E-state index is 0.315. The number of piperidine rings is 1. The molecule has 1 aliphatic rings. The van der Waals surface area contributed by atoms with E-state index in [1.165, 1.54) is 11.3 Å². The van der Waals surface area contributed by atoms with Crippen LogP contribution in [0.5, 0.6) is 0 Å². The lowest BCUT2D eigenvalue weighted by Gasteiger charge is -2.39. The van der Waals surface area contributed by atoms with Crippen molar-refractivity contribution in [2.45, 2.75) is 45.3 Å². The Morgan fingerprint density at radius 1 is 1.50 bits per heavy atom. The zero-order valence-electron chi connectivity index (χ0n) is 12.6. The molecule has 1 heterocycles. The van der Waals surface area contributed by atoms with Gasteiger partial charge in [0.2, 0.25) is 0 Å². The molecular weight excluding hydrogens is 316 g/mol. The smallest absolute Gasteiger partial charge is 0.0794 e. The standard InChI is InChI=1S/C16H25BrN2O/c1-4-18-12(2)14-7-6-13(17)10-15(14)19-9-5-8-16(3,20)11-19/h6-7,10,12,18,20H,4-5,8-9,11H2,1-3H3. The van der Waals surface area contributed by atoms with Crippen molar-refractivity contribution < 1.29 is 5.11 Å². The normalized spacial score (nSPS) is 24.8. The molecule has 0 aliphatic carbocycles. The van der Waals surface area contributed by atoms with Gasteiger partial charge in [-0.25, -0.2) is 0 Å². The Morgan fingerprint density at radius 2 is 2.25 bits per heavy atom. The number of anilines is 1. The second kappa shape index (κ2) is 6.46. The maximum atomic E-state index is 10.3. The minimum atomic E-state index is -0.584. The lowest BCUT2D eigenvalue weighted by atomic mass is 9.93. The molecule has 1 fully saturated rings. The average Bonchev–Trinajstić information content (AvgIpc) is 2.37. The highest BCUT2D eigenvalue weighted by Crippen LogP contribution is 2.33. The summed E-state index contributed by atoms with van der Waals surface area (Å²) < 4.78 is 1.09. The number of hydrogen-bond acceptors (Lipinski definition) is 3. The highest BCUT2D eigenvalue weighted by Gasteiger charge is 2.29. The summed E-state index contributed by atoms with van der Waals surface area (Å²) in [6, 6.07) is 6.75. The van der Waals surface area contributed by atoms with E-state index in [2.05, 4.69) is 58.2 Å². The average molecular weight is 341 g/mol. The van der Waals surface area contributed by atoms with Gasteiger partial charge >= 0.3 is 0 Å². The molecule has 1 aromatic carbocycles. The van der Waals surface area contributed by atoms with E-state index in [0.717, 1.165) is 30.4 Å². The SMILES string of the molecule is CCNC(C)c1ccc(Br)cc1N1CCCC(C)(O)C1. The van der Waals surface area contributed by atoms with Crippen LogP contribution in [0.4, 0.5) is 5.69 Å². The van der Waals surface area contributed by atoms with Crippen molar-refractivity contribution in [1.82, 2.24) is 5.32 Å². The van der Waals surface area contributed by atoms with E-state index in [9.17, 15) is 5.11 Å². The van der Waals surface area contributed by atoms with E-state index in [-0.39, 0.29) is 0 Å². The fourth-order valence-corrected chi connectivity index (χ4v) is 3.35. The molecule has 2 atom stereocenters. The summed E-state index contributed by atoms with van der Waals surface area (Å²) in [7, 11) is 0. The molecule has 0 amide bonds. The molecule has 0 radical (unpaired) electrons. The van der Waals surface area contributed by atoms with Crippen molar-refractivity contribution in [3.63, 3.8) is 0 Å². The van der Waals surface area contributed by atoms with Crippen LogP contribution in [0.3, 0.4) is 0 Å². The summed E-state index contributed by atoms with van der Waals surface area (Å²) in [5.41, 5.74) is 1.94. The first-order valence-corrected chi connectivity index (χ1v) is 8.22. The quantitative estimate of drug-likeness (QED) is 0.880. The molecule has 0 aromatic heterocycles. The van der Waals surface area contributed by atoms with Gasteiger partial charge in [-0.1, -0.05) is 28.9 Å². The largest absolute Gasteiger partial charge is 0.388 e. The Kier molecular flexibility index (Phi) is 5.10. The molecule has 20 heavy (non-hydrogen) atoms. The van der Waals surface area contributed by atoms with Gasteiger partial charge in [0.15, 0.2) is 0 Å². The van der Waals surface area contributed by atoms with Crippen molar-refractivity contribution in [2.24, 2.45) is 0 Å². The molecule has 2 unspecified atom stereocenters. The number of hydrogen-bond donors (Lipinski definition) is 2. The predicted molar refractivity (Wildman–Crippen MR) is 88.3 cm³/mol. The second-order valence-electron chi connectivity index (χ2n) is 6.00. The van der Waals surface area contributed by atoms with Crippen molar-refractivity contribution in [1.29, 1.82) is 0 Å². The first kappa shape index (κ1) is 15.8. The number of nitrogens with zero attached hydrogens (tertiary/aromatic N) is 1. The summed E-state index contributed by atoms with van der Waals surface area (Å²) in [4.78, 5) is 2.32. The molecule has 2 rings (SSSR count). The van der Waals surface area contributed by atoms with Crippen LogP contribution in [0, 0.1) is 0 Å². The van der Waals surface area contributed by atoms with Crippen LogP contribution in [0.25, 0.3) is 0 Å². The third kappa shape index (κ3) is 3.74. The van der Waals surface area contributed by atoms with Gasteiger partial charge < -0.3 is 15.3 Å². The van der Waals surface area contributed by atoms with Crippen LogP contribution in [-0.2, 0) is 0 Å². The van der Waals surface area contributed by atoms with E-state index in [1.807, 2.05) is 6.92 Å². The van der Waals surface area contributed by atoms with Crippen LogP contribution >= 0.6 is 15.9 Å². The van der Waals surface area contributed by atoms with Gasteiger partial charge in [0.25, 0.3) is 0 Å². The third-order valence-corrected chi connectivity index (χ3v) is 4.48. The van der Waals surface area contributed by atoms with Gasteiger partial charge in [0.05, 0.1) is 5.60 Å². The Hall–Kier alpha value is -0.580. The molecule has 1 aromatic rings. The molecule has 0 saturated carbocycles. The van der Waals surface area contributed by atoms with E-state index in [0.29, 0.717) is 12.6 Å². The third-order valence-electron chi connectivity index (χ3n) is 3.98. The number of aliphatic hydroxyl groups is 1. The zero-order chi connectivity index (χ0) is 14.8. The maximum Gasteiger partial charge on any atom is 0.0794 e. The van der Waals surface area contributed by atoms with Crippen molar-refractivity contribution in [3.05, 3.63) is 28.2 Å². The Balaban J connectivity index is 2.31. The minimum Gasteiger partial charge on any atom is -0.388 e. The Morgan fingerprint density at radius 3 is 2.90 bits per heavy atom. The van der Waals surface area contributed by atoms with Crippen LogP contribution in [0.2, 0.25) is 0 Å². The van der Waals surface area contributed by atoms with Gasteiger partial charge in [0, 0.05) is 29.3 Å². The van der Waals surface area contributed by atoms with Gasteiger partial charge in [-0.3, -0.25) is 0 Å². The highest BCUT2D eigenvalue weighted by molar-refractivity contribution is 9.10. The Bertz CT molecular complexity index is 462. The van der Waals surface area contributed by atoms with Crippen LogP contribution in [-0.4, -0.2) is 30.3 Å². The van der Waals surface area contributed by atoms with Crippen LogP contribution in [0.1, 0.15) is 45.2 Å². The van der Waals surface area contributed by atoms with Gasteiger partial charge in [-0.15, -0.1) is 0 Å². The summed E-state index contributed by atoms with van der Waals surface area (Å²) in [5.74, 6) is 0. The molecule has 0 bridgehead atoms. The van der Waals surface area contributed by atoms with Crippen molar-refractivity contribution >= 4 is 21.6 Å². The first-order chi connectivity index (χ1) is 9.43. The molecule has 3 nitrogen and oxygen atoms in total. The number of benzene rings is 1. The second-order valence-corrected chi connectivity index (χ2v) is 6.92. The highest BCUT2D eigenvalue weighted by atomic mass is 79.9. The molecule has 112 valence electrons. The number of halogens is 1. The predicted octanol–water partition coefficient (Wildman–Crippen LogP) is 3.47. The molecule has 2 N–H and O–H groups in total. The lowest BCUT2D eigenvalue weighted by molar-refractivity contribution is 0.0448. The number of β-amino-alcohol motifs (C(OH)–C–C–N with tert-alkyl or cyclic N) is 1. The fraction of sp³-hybridized carbons (Fsp3) is 0.625. The number of nitrogens with one attached hydrogen (secondary N) is 1. The number of rotatable bonds is 4. The van der Waals surface area contributed by atoms with Crippen LogP contribution < -0.4 is 10.2 Å². The van der Waals surface area contributed by atoms with Crippen molar-refractivity contribution in [2.75, 3.05) is 24.5 Å². The van der Waals surface area contributed by atoms with E-state index < -0.39 is 5.60 Å². The molecule has 1 saturated heterocycles. The van der Waals surface area contributed by atoms with Gasteiger partial charge in [0.1, 0.15) is 0 Å². The van der Waals surface area contributed by atoms with Crippen molar-refractivity contribution in [3.8, 4) is 0 Å². The van der Waals surface area contributed by atoms with Crippen LogP contribution in [0.15, 0.2) is 22.7 Å². The summed E-state index contributed by atoms with van der Waals surface area (Å²) in [6.07, 6.45) is 1.92. The topological polar surface area (TPSA) is 35.5 Å². The fourth-order valence-electron chi connectivity index (χ4n) is 3.00.